The Bertz CT molecular complexity index is 780. The molecule has 5 heteroatoms. The Balaban J connectivity index is 2.01. The van der Waals surface area contributed by atoms with Gasteiger partial charge in [-0.15, -0.1) is 5.10 Å². The van der Waals surface area contributed by atoms with Gasteiger partial charge in [-0.2, -0.15) is 0 Å². The van der Waals surface area contributed by atoms with E-state index in [4.69, 9.17) is 4.74 Å². The fourth-order valence-corrected chi connectivity index (χ4v) is 2.10. The van der Waals surface area contributed by atoms with Gasteiger partial charge < -0.3 is 4.74 Å². The summed E-state index contributed by atoms with van der Waals surface area (Å²) >= 11 is 0. The smallest absolute Gasteiger partial charge is 0.150 e. The Kier molecular flexibility index (Phi) is 3.47. The molecule has 0 N–H and O–H groups in total. The largest absolute Gasteiger partial charge is 0.497 e. The first-order valence-corrected chi connectivity index (χ1v) is 6.43. The van der Waals surface area contributed by atoms with Crippen LogP contribution in [0.3, 0.4) is 0 Å². The van der Waals surface area contributed by atoms with Crippen molar-refractivity contribution in [3.8, 4) is 22.7 Å². The zero-order valence-electron chi connectivity index (χ0n) is 11.4. The van der Waals surface area contributed by atoms with Crippen molar-refractivity contribution in [1.82, 2.24) is 15.0 Å². The maximum atomic E-state index is 11.1. The van der Waals surface area contributed by atoms with Crippen molar-refractivity contribution in [2.24, 2.45) is 0 Å². The molecular formula is C16H13N3O2. The Labute approximate surface area is 121 Å². The Morgan fingerprint density at radius 2 is 2.00 bits per heavy atom. The van der Waals surface area contributed by atoms with E-state index in [1.54, 1.807) is 24.1 Å². The number of rotatable bonds is 4. The van der Waals surface area contributed by atoms with Crippen LogP contribution in [0.1, 0.15) is 10.4 Å². The fourth-order valence-electron chi connectivity index (χ4n) is 2.10. The fraction of sp³-hybridized carbons (Fsp3) is 0.0625. The van der Waals surface area contributed by atoms with Gasteiger partial charge in [0.15, 0.2) is 6.29 Å². The van der Waals surface area contributed by atoms with Gasteiger partial charge in [0, 0.05) is 17.2 Å². The second-order valence-electron chi connectivity index (χ2n) is 4.45. The topological polar surface area (TPSA) is 57.0 Å². The van der Waals surface area contributed by atoms with Gasteiger partial charge in [-0.25, -0.2) is 4.68 Å². The molecule has 0 bridgehead atoms. The predicted molar refractivity (Wildman–Crippen MR) is 78.7 cm³/mol. The molecule has 0 saturated carbocycles. The summed E-state index contributed by atoms with van der Waals surface area (Å²) in [5.74, 6) is 0.748. The maximum absolute atomic E-state index is 11.1. The van der Waals surface area contributed by atoms with Crippen molar-refractivity contribution >= 4 is 6.29 Å². The third-order valence-electron chi connectivity index (χ3n) is 3.17. The monoisotopic (exact) mass is 279 g/mol. The van der Waals surface area contributed by atoms with E-state index in [0.717, 1.165) is 23.3 Å². The molecule has 0 fully saturated rings. The summed E-state index contributed by atoms with van der Waals surface area (Å²) in [5, 5.41) is 8.25. The highest BCUT2D eigenvalue weighted by Gasteiger charge is 2.09. The molecule has 0 aliphatic heterocycles. The highest BCUT2D eigenvalue weighted by Crippen LogP contribution is 2.22. The van der Waals surface area contributed by atoms with Crippen LogP contribution in [0, 0.1) is 0 Å². The molecule has 0 spiro atoms. The summed E-state index contributed by atoms with van der Waals surface area (Å²) in [5.41, 5.74) is 2.86. The molecule has 0 amide bonds. The lowest BCUT2D eigenvalue weighted by Gasteiger charge is -2.03. The number of nitrogens with zero attached hydrogens (tertiary/aromatic N) is 3. The van der Waals surface area contributed by atoms with Crippen LogP contribution >= 0.6 is 0 Å². The first-order chi connectivity index (χ1) is 10.3. The summed E-state index contributed by atoms with van der Waals surface area (Å²) < 4.78 is 6.85. The summed E-state index contributed by atoms with van der Waals surface area (Å²) in [6, 6.07) is 14.8. The Hall–Kier alpha value is -2.95. The molecule has 0 saturated heterocycles. The lowest BCUT2D eigenvalue weighted by atomic mass is 10.1. The van der Waals surface area contributed by atoms with Crippen LogP contribution in [0.4, 0.5) is 0 Å². The predicted octanol–water partition coefficient (Wildman–Crippen LogP) is 2.76. The van der Waals surface area contributed by atoms with Gasteiger partial charge in [0.05, 0.1) is 19.0 Å². The van der Waals surface area contributed by atoms with E-state index in [0.29, 0.717) is 11.3 Å². The van der Waals surface area contributed by atoms with Crippen LogP contribution in [0.15, 0.2) is 54.7 Å². The van der Waals surface area contributed by atoms with Gasteiger partial charge in [-0.3, -0.25) is 4.79 Å². The molecule has 104 valence electrons. The normalized spacial score (nSPS) is 10.3. The molecule has 3 aromatic rings. The van der Waals surface area contributed by atoms with Crippen molar-refractivity contribution in [1.29, 1.82) is 0 Å². The van der Waals surface area contributed by atoms with E-state index in [9.17, 15) is 4.79 Å². The number of aromatic nitrogens is 3. The first-order valence-electron chi connectivity index (χ1n) is 6.43. The number of methoxy groups -OCH3 is 1. The lowest BCUT2D eigenvalue weighted by molar-refractivity contribution is 0.112. The molecular weight excluding hydrogens is 266 g/mol. The summed E-state index contributed by atoms with van der Waals surface area (Å²) in [6.07, 6.45) is 2.61. The standard InChI is InChI=1S/C16H13N3O2/c1-21-14-7-4-6-13(9-14)19-10-16(17-18-19)15-8-3-2-5-12(15)11-20/h2-11H,1H3. The van der Waals surface area contributed by atoms with Crippen LogP contribution < -0.4 is 4.74 Å². The van der Waals surface area contributed by atoms with Gasteiger partial charge in [0.25, 0.3) is 0 Å². The second kappa shape index (κ2) is 5.58. The van der Waals surface area contributed by atoms with Gasteiger partial charge >= 0.3 is 0 Å². The molecule has 0 aliphatic rings. The number of carbonyl (C=O) groups is 1. The molecule has 0 atom stereocenters. The van der Waals surface area contributed by atoms with Crippen LogP contribution in [0.25, 0.3) is 16.9 Å². The molecule has 1 aromatic heterocycles. The first kappa shape index (κ1) is 13.1. The zero-order valence-corrected chi connectivity index (χ0v) is 11.4. The van der Waals surface area contributed by atoms with E-state index < -0.39 is 0 Å². The average Bonchev–Trinajstić information content (AvgIpc) is 3.04. The summed E-state index contributed by atoms with van der Waals surface area (Å²) in [6.45, 7) is 0. The third-order valence-corrected chi connectivity index (χ3v) is 3.17. The van der Waals surface area contributed by atoms with E-state index in [1.165, 1.54) is 0 Å². The van der Waals surface area contributed by atoms with Crippen molar-refractivity contribution < 1.29 is 9.53 Å². The number of ether oxygens (including phenoxy) is 1. The van der Waals surface area contributed by atoms with Crippen molar-refractivity contribution in [2.75, 3.05) is 7.11 Å². The minimum absolute atomic E-state index is 0.593. The lowest BCUT2D eigenvalue weighted by Crippen LogP contribution is -1.95. The quantitative estimate of drug-likeness (QED) is 0.689. The SMILES string of the molecule is COc1cccc(-n2cc(-c3ccccc3C=O)nn2)c1. The molecule has 5 nitrogen and oxygen atoms in total. The minimum atomic E-state index is 0.593. The third kappa shape index (κ3) is 2.53. The van der Waals surface area contributed by atoms with Gasteiger partial charge in [-0.05, 0) is 12.1 Å². The van der Waals surface area contributed by atoms with Crippen LogP contribution in [0.2, 0.25) is 0 Å². The van der Waals surface area contributed by atoms with Crippen LogP contribution in [0.5, 0.6) is 5.75 Å². The molecule has 1 heterocycles. The number of carbonyl (C=O) groups excluding carboxylic acids is 1. The Morgan fingerprint density at radius 3 is 2.81 bits per heavy atom. The number of hydrogen-bond acceptors (Lipinski definition) is 4. The molecule has 0 unspecified atom stereocenters. The number of hydrogen-bond donors (Lipinski definition) is 0. The number of aldehydes is 1. The molecule has 0 aliphatic carbocycles. The van der Waals surface area contributed by atoms with E-state index in [-0.39, 0.29) is 0 Å². The second-order valence-corrected chi connectivity index (χ2v) is 4.45. The minimum Gasteiger partial charge on any atom is -0.497 e. The van der Waals surface area contributed by atoms with Crippen LogP contribution in [-0.2, 0) is 0 Å². The highest BCUT2D eigenvalue weighted by atomic mass is 16.5. The van der Waals surface area contributed by atoms with Gasteiger partial charge in [0.2, 0.25) is 0 Å². The van der Waals surface area contributed by atoms with Crippen molar-refractivity contribution in [2.45, 2.75) is 0 Å². The van der Waals surface area contributed by atoms with E-state index in [1.807, 2.05) is 42.5 Å². The van der Waals surface area contributed by atoms with E-state index >= 15 is 0 Å². The van der Waals surface area contributed by atoms with E-state index in [2.05, 4.69) is 10.3 Å². The van der Waals surface area contributed by atoms with Crippen molar-refractivity contribution in [3.05, 3.63) is 60.3 Å². The Morgan fingerprint density at radius 1 is 1.14 bits per heavy atom. The zero-order chi connectivity index (χ0) is 14.7. The highest BCUT2D eigenvalue weighted by molar-refractivity contribution is 5.86. The summed E-state index contributed by atoms with van der Waals surface area (Å²) in [4.78, 5) is 11.1. The molecule has 3 rings (SSSR count). The average molecular weight is 279 g/mol. The van der Waals surface area contributed by atoms with Crippen molar-refractivity contribution in [3.63, 3.8) is 0 Å². The molecule has 21 heavy (non-hydrogen) atoms. The molecule has 2 aromatic carbocycles. The molecule has 0 radical (unpaired) electrons. The number of benzene rings is 2. The van der Waals surface area contributed by atoms with Gasteiger partial charge in [0.1, 0.15) is 11.4 Å². The summed E-state index contributed by atoms with van der Waals surface area (Å²) in [7, 11) is 1.62. The van der Waals surface area contributed by atoms with Crippen LogP contribution in [-0.4, -0.2) is 28.4 Å². The maximum Gasteiger partial charge on any atom is 0.150 e. The van der Waals surface area contributed by atoms with Gasteiger partial charge in [-0.1, -0.05) is 35.5 Å².